The van der Waals surface area contributed by atoms with E-state index in [4.69, 9.17) is 18.9 Å². The van der Waals surface area contributed by atoms with Gasteiger partial charge in [-0.2, -0.15) is 0 Å². The summed E-state index contributed by atoms with van der Waals surface area (Å²) in [5.41, 5.74) is 1.67. The van der Waals surface area contributed by atoms with Crippen LogP contribution >= 0.6 is 0 Å². The number of carbonyl (C=O) groups excluding carboxylic acids is 1. The smallest absolute Gasteiger partial charge is 0.224 e. The van der Waals surface area contributed by atoms with Gasteiger partial charge in [-0.1, -0.05) is 6.07 Å². The van der Waals surface area contributed by atoms with Gasteiger partial charge in [0.2, 0.25) is 5.91 Å². The molecule has 0 aliphatic carbocycles. The Kier molecular flexibility index (Phi) is 7.14. The summed E-state index contributed by atoms with van der Waals surface area (Å²) in [6, 6.07) is 11.0. The lowest BCUT2D eigenvalue weighted by atomic mass is 10.1. The van der Waals surface area contributed by atoms with Gasteiger partial charge in [0.1, 0.15) is 0 Å². The van der Waals surface area contributed by atoms with E-state index in [2.05, 4.69) is 5.32 Å². The molecule has 0 saturated heterocycles. The molecule has 0 aromatic heterocycles. The van der Waals surface area contributed by atoms with E-state index in [0.29, 0.717) is 48.1 Å². The molecule has 6 heteroatoms. The van der Waals surface area contributed by atoms with Gasteiger partial charge in [-0.3, -0.25) is 4.79 Å². The minimum Gasteiger partial charge on any atom is -0.493 e. The lowest BCUT2D eigenvalue weighted by molar-refractivity contribution is -0.116. The fraction of sp³-hybridized carbons (Fsp3) is 0.350. The second-order valence-corrected chi connectivity index (χ2v) is 5.54. The second kappa shape index (κ2) is 9.56. The average Bonchev–Trinajstić information content (AvgIpc) is 2.67. The Hall–Kier alpha value is -2.89. The van der Waals surface area contributed by atoms with Crippen LogP contribution in [0.2, 0.25) is 0 Å². The van der Waals surface area contributed by atoms with Crippen molar-refractivity contribution in [3.63, 3.8) is 0 Å². The van der Waals surface area contributed by atoms with Crippen LogP contribution in [0.25, 0.3) is 0 Å². The average molecular weight is 359 g/mol. The van der Waals surface area contributed by atoms with E-state index >= 15 is 0 Å². The van der Waals surface area contributed by atoms with Crippen molar-refractivity contribution in [3.05, 3.63) is 42.0 Å². The van der Waals surface area contributed by atoms with Crippen LogP contribution in [0.5, 0.6) is 23.0 Å². The molecular formula is C20H25NO5. The van der Waals surface area contributed by atoms with Gasteiger partial charge in [-0.15, -0.1) is 0 Å². The molecule has 0 fully saturated rings. The van der Waals surface area contributed by atoms with Gasteiger partial charge in [0, 0.05) is 18.2 Å². The van der Waals surface area contributed by atoms with Gasteiger partial charge < -0.3 is 24.3 Å². The van der Waals surface area contributed by atoms with Crippen molar-refractivity contribution in [2.45, 2.75) is 19.8 Å². The van der Waals surface area contributed by atoms with Gasteiger partial charge in [0.25, 0.3) is 0 Å². The van der Waals surface area contributed by atoms with E-state index < -0.39 is 0 Å². The number of ether oxygens (including phenoxy) is 4. The maximum absolute atomic E-state index is 12.2. The molecule has 0 radical (unpaired) electrons. The van der Waals surface area contributed by atoms with Crippen LogP contribution in [-0.2, 0) is 11.2 Å². The summed E-state index contributed by atoms with van der Waals surface area (Å²) in [6.07, 6.45) is 0.952. The number of anilines is 1. The highest BCUT2D eigenvalue weighted by atomic mass is 16.5. The third kappa shape index (κ3) is 5.05. The fourth-order valence-electron chi connectivity index (χ4n) is 2.54. The van der Waals surface area contributed by atoms with Crippen LogP contribution < -0.4 is 24.3 Å². The summed E-state index contributed by atoms with van der Waals surface area (Å²) < 4.78 is 21.3. The van der Waals surface area contributed by atoms with E-state index in [9.17, 15) is 4.79 Å². The van der Waals surface area contributed by atoms with E-state index in [-0.39, 0.29) is 5.91 Å². The number of amides is 1. The highest BCUT2D eigenvalue weighted by molar-refractivity contribution is 5.91. The molecule has 2 aromatic carbocycles. The maximum atomic E-state index is 12.2. The molecular weight excluding hydrogens is 334 g/mol. The molecule has 0 aliphatic rings. The summed E-state index contributed by atoms with van der Waals surface area (Å²) in [5.74, 6) is 2.48. The number of hydrogen-bond acceptors (Lipinski definition) is 5. The van der Waals surface area contributed by atoms with Gasteiger partial charge in [0.05, 0.1) is 27.9 Å². The van der Waals surface area contributed by atoms with Gasteiger partial charge in [-0.05, 0) is 43.2 Å². The summed E-state index contributed by atoms with van der Waals surface area (Å²) in [4.78, 5) is 12.2. The maximum Gasteiger partial charge on any atom is 0.224 e. The van der Waals surface area contributed by atoms with Crippen molar-refractivity contribution in [2.75, 3.05) is 33.3 Å². The number of hydrogen-bond donors (Lipinski definition) is 1. The fourth-order valence-corrected chi connectivity index (χ4v) is 2.54. The molecule has 0 saturated carbocycles. The summed E-state index contributed by atoms with van der Waals surface area (Å²) in [6.45, 7) is 2.50. The van der Waals surface area contributed by atoms with Gasteiger partial charge in [0.15, 0.2) is 23.0 Å². The van der Waals surface area contributed by atoms with Crippen LogP contribution in [-0.4, -0.2) is 33.8 Å². The highest BCUT2D eigenvalue weighted by Gasteiger charge is 2.09. The number of carbonyl (C=O) groups is 1. The van der Waals surface area contributed by atoms with Gasteiger partial charge >= 0.3 is 0 Å². The molecule has 2 aromatic rings. The number of aryl methyl sites for hydroxylation is 1. The normalized spacial score (nSPS) is 10.2. The zero-order valence-corrected chi connectivity index (χ0v) is 15.6. The van der Waals surface area contributed by atoms with E-state index in [1.165, 1.54) is 0 Å². The molecule has 1 N–H and O–H groups in total. The van der Waals surface area contributed by atoms with Crippen LogP contribution in [0.15, 0.2) is 36.4 Å². The van der Waals surface area contributed by atoms with Crippen molar-refractivity contribution < 1.29 is 23.7 Å². The van der Waals surface area contributed by atoms with Crippen LogP contribution in [0.3, 0.4) is 0 Å². The molecule has 2 rings (SSSR count). The molecule has 1 amide bonds. The molecule has 6 nitrogen and oxygen atoms in total. The lowest BCUT2D eigenvalue weighted by Crippen LogP contribution is -2.12. The first kappa shape index (κ1) is 19.4. The van der Waals surface area contributed by atoms with Gasteiger partial charge in [-0.25, -0.2) is 0 Å². The van der Waals surface area contributed by atoms with E-state index in [0.717, 1.165) is 5.56 Å². The standard InChI is InChI=1S/C20H25NO5/c1-5-26-17-9-6-14(12-18(17)24-3)7-11-20(22)21-15-8-10-16(23-2)19(13-15)25-4/h6,8-10,12-13H,5,7,11H2,1-4H3,(H,21,22). The molecule has 0 spiro atoms. The molecule has 0 bridgehead atoms. The third-order valence-electron chi connectivity index (χ3n) is 3.84. The first-order valence-corrected chi connectivity index (χ1v) is 8.42. The second-order valence-electron chi connectivity index (χ2n) is 5.54. The zero-order valence-electron chi connectivity index (χ0n) is 15.6. The van der Waals surface area contributed by atoms with Crippen molar-refractivity contribution in [1.82, 2.24) is 0 Å². The molecule has 140 valence electrons. The van der Waals surface area contributed by atoms with E-state index in [1.807, 2.05) is 25.1 Å². The largest absolute Gasteiger partial charge is 0.493 e. The molecule has 26 heavy (non-hydrogen) atoms. The topological polar surface area (TPSA) is 66.0 Å². The number of methoxy groups -OCH3 is 3. The van der Waals surface area contributed by atoms with Crippen LogP contribution in [0, 0.1) is 0 Å². The first-order valence-electron chi connectivity index (χ1n) is 8.42. The Balaban J connectivity index is 1.96. The number of rotatable bonds is 9. The Morgan fingerprint density at radius 3 is 2.19 bits per heavy atom. The Morgan fingerprint density at radius 2 is 1.54 bits per heavy atom. The lowest BCUT2D eigenvalue weighted by Gasteiger charge is -2.12. The molecule has 0 heterocycles. The highest BCUT2D eigenvalue weighted by Crippen LogP contribution is 2.30. The minimum atomic E-state index is -0.0786. The van der Waals surface area contributed by atoms with Crippen LogP contribution in [0.4, 0.5) is 5.69 Å². The van der Waals surface area contributed by atoms with Crippen molar-refractivity contribution in [3.8, 4) is 23.0 Å². The SMILES string of the molecule is CCOc1ccc(CCC(=O)Nc2ccc(OC)c(OC)c2)cc1OC. The minimum absolute atomic E-state index is 0.0786. The number of nitrogens with one attached hydrogen (secondary N) is 1. The predicted octanol–water partition coefficient (Wildman–Crippen LogP) is 3.68. The third-order valence-corrected chi connectivity index (χ3v) is 3.84. The molecule has 0 atom stereocenters. The quantitative estimate of drug-likeness (QED) is 0.740. The molecule has 0 aliphatic heterocycles. The predicted molar refractivity (Wildman–Crippen MR) is 101 cm³/mol. The van der Waals surface area contributed by atoms with Crippen molar-refractivity contribution in [1.29, 1.82) is 0 Å². The Morgan fingerprint density at radius 1 is 0.885 bits per heavy atom. The summed E-state index contributed by atoms with van der Waals surface area (Å²) in [5, 5.41) is 2.87. The van der Waals surface area contributed by atoms with Crippen molar-refractivity contribution >= 4 is 11.6 Å². The molecule has 0 unspecified atom stereocenters. The number of benzene rings is 2. The monoisotopic (exact) mass is 359 g/mol. The van der Waals surface area contributed by atoms with E-state index in [1.54, 1.807) is 39.5 Å². The van der Waals surface area contributed by atoms with Crippen LogP contribution in [0.1, 0.15) is 18.9 Å². The summed E-state index contributed by atoms with van der Waals surface area (Å²) in [7, 11) is 4.73. The summed E-state index contributed by atoms with van der Waals surface area (Å²) >= 11 is 0. The Bertz CT molecular complexity index is 745. The Labute approximate surface area is 154 Å². The first-order chi connectivity index (χ1) is 12.6. The van der Waals surface area contributed by atoms with Crippen molar-refractivity contribution in [2.24, 2.45) is 0 Å². The zero-order chi connectivity index (χ0) is 18.9.